The number of aromatic nitrogens is 3. The van der Waals surface area contributed by atoms with E-state index in [4.69, 9.17) is 21.7 Å². The maximum absolute atomic E-state index is 5.33. The number of hydrogen-bond acceptors (Lipinski definition) is 5. The van der Waals surface area contributed by atoms with E-state index in [1.54, 1.807) is 25.1 Å². The Kier molecular flexibility index (Phi) is 5.30. The Morgan fingerprint density at radius 3 is 2.67 bits per heavy atom. The van der Waals surface area contributed by atoms with Gasteiger partial charge in [0.25, 0.3) is 0 Å². The number of hydrogen-bond donors (Lipinski definition) is 1. The van der Waals surface area contributed by atoms with E-state index in [-0.39, 0.29) is 0 Å². The fourth-order valence-electron chi connectivity index (χ4n) is 3.10. The van der Waals surface area contributed by atoms with Crippen LogP contribution in [-0.2, 0) is 0 Å². The summed E-state index contributed by atoms with van der Waals surface area (Å²) in [5.41, 5.74) is 0.908. The highest BCUT2D eigenvalue weighted by atomic mass is 32.1. The smallest absolute Gasteiger partial charge is 0.216 e. The Morgan fingerprint density at radius 1 is 1.21 bits per heavy atom. The maximum Gasteiger partial charge on any atom is 0.216 e. The summed E-state index contributed by atoms with van der Waals surface area (Å²) in [5.74, 6) is 2.72. The van der Waals surface area contributed by atoms with Gasteiger partial charge in [0.2, 0.25) is 4.77 Å². The van der Waals surface area contributed by atoms with E-state index >= 15 is 0 Å². The molecular weight excluding hydrogens is 324 g/mol. The molecule has 1 aliphatic carbocycles. The molecule has 1 fully saturated rings. The third kappa shape index (κ3) is 3.51. The van der Waals surface area contributed by atoms with Crippen LogP contribution in [0.4, 0.5) is 0 Å². The van der Waals surface area contributed by atoms with E-state index in [1.165, 1.54) is 19.3 Å². The number of methoxy groups -OCH3 is 2. The van der Waals surface area contributed by atoms with Crippen molar-refractivity contribution in [1.82, 2.24) is 14.9 Å². The van der Waals surface area contributed by atoms with Crippen LogP contribution in [-0.4, -0.2) is 35.3 Å². The highest BCUT2D eigenvalue weighted by Crippen LogP contribution is 2.31. The second-order valence-corrected chi connectivity index (χ2v) is 6.28. The first-order chi connectivity index (χ1) is 11.7. The van der Waals surface area contributed by atoms with Crippen molar-refractivity contribution in [2.24, 2.45) is 5.10 Å². The Bertz CT molecular complexity index is 775. The Balaban J connectivity index is 1.87. The van der Waals surface area contributed by atoms with E-state index in [2.05, 4.69) is 15.3 Å². The summed E-state index contributed by atoms with van der Waals surface area (Å²) in [5, 5.41) is 11.8. The van der Waals surface area contributed by atoms with Crippen LogP contribution in [0, 0.1) is 4.77 Å². The van der Waals surface area contributed by atoms with Crippen molar-refractivity contribution in [2.75, 3.05) is 14.2 Å². The fraction of sp³-hybridized carbons (Fsp3) is 0.471. The van der Waals surface area contributed by atoms with Crippen molar-refractivity contribution in [3.63, 3.8) is 0 Å². The molecule has 1 saturated carbocycles. The fourth-order valence-corrected chi connectivity index (χ4v) is 3.28. The molecule has 0 saturated heterocycles. The van der Waals surface area contributed by atoms with Gasteiger partial charge in [0.05, 0.1) is 20.4 Å². The van der Waals surface area contributed by atoms with Crippen LogP contribution < -0.4 is 9.47 Å². The number of rotatable bonds is 5. The van der Waals surface area contributed by atoms with E-state index in [0.29, 0.717) is 22.2 Å². The van der Waals surface area contributed by atoms with Crippen LogP contribution >= 0.6 is 12.2 Å². The van der Waals surface area contributed by atoms with Crippen molar-refractivity contribution in [3.05, 3.63) is 34.4 Å². The van der Waals surface area contributed by atoms with Gasteiger partial charge in [0.1, 0.15) is 0 Å². The van der Waals surface area contributed by atoms with Gasteiger partial charge < -0.3 is 9.47 Å². The molecule has 7 heteroatoms. The molecule has 1 N–H and O–H groups in total. The predicted octanol–water partition coefficient (Wildman–Crippen LogP) is 3.89. The number of aromatic amines is 1. The van der Waals surface area contributed by atoms with Crippen molar-refractivity contribution < 1.29 is 9.47 Å². The zero-order valence-corrected chi connectivity index (χ0v) is 14.8. The van der Waals surface area contributed by atoms with Gasteiger partial charge in [-0.25, -0.2) is 0 Å². The topological polar surface area (TPSA) is 64.4 Å². The minimum Gasteiger partial charge on any atom is -0.493 e. The van der Waals surface area contributed by atoms with Crippen LogP contribution in [0.25, 0.3) is 0 Å². The van der Waals surface area contributed by atoms with Gasteiger partial charge in [-0.15, -0.1) is 0 Å². The molecule has 1 aromatic heterocycles. The highest BCUT2D eigenvalue weighted by Gasteiger charge is 2.21. The van der Waals surface area contributed by atoms with Crippen LogP contribution in [0.3, 0.4) is 0 Å². The van der Waals surface area contributed by atoms with E-state index in [1.807, 2.05) is 18.2 Å². The lowest BCUT2D eigenvalue weighted by Gasteiger charge is -2.19. The predicted molar refractivity (Wildman–Crippen MR) is 95.8 cm³/mol. The molecule has 0 aliphatic heterocycles. The van der Waals surface area contributed by atoms with Crippen molar-refractivity contribution in [3.8, 4) is 11.5 Å². The average molecular weight is 346 g/mol. The summed E-state index contributed by atoms with van der Waals surface area (Å²) in [6.07, 6.45) is 7.83. The first-order valence-corrected chi connectivity index (χ1v) is 8.57. The molecule has 1 aromatic carbocycles. The van der Waals surface area contributed by atoms with E-state index in [9.17, 15) is 0 Å². The summed E-state index contributed by atoms with van der Waals surface area (Å²) in [6.45, 7) is 0. The lowest BCUT2D eigenvalue weighted by molar-refractivity contribution is 0.355. The molecule has 0 spiro atoms. The first kappa shape index (κ1) is 16.7. The number of nitrogens with zero attached hydrogens (tertiary/aromatic N) is 3. The summed E-state index contributed by atoms with van der Waals surface area (Å²) < 4.78 is 12.8. The number of benzene rings is 1. The summed E-state index contributed by atoms with van der Waals surface area (Å²) in [4.78, 5) is 0. The maximum atomic E-state index is 5.33. The summed E-state index contributed by atoms with van der Waals surface area (Å²) in [7, 11) is 3.24. The molecule has 0 amide bonds. The van der Waals surface area contributed by atoms with Crippen LogP contribution in [0.1, 0.15) is 49.4 Å². The molecule has 2 aromatic rings. The van der Waals surface area contributed by atoms with Gasteiger partial charge in [0.15, 0.2) is 17.3 Å². The first-order valence-electron chi connectivity index (χ1n) is 8.16. The van der Waals surface area contributed by atoms with Gasteiger partial charge in [-0.05, 0) is 48.8 Å². The molecule has 0 radical (unpaired) electrons. The molecule has 24 heavy (non-hydrogen) atoms. The standard InChI is InChI=1S/C17H22N4O2S/c1-22-14-9-8-12(10-15(14)23-2)11-18-21-16(19-20-17(21)24)13-6-4-3-5-7-13/h8-11,13H,3-7H2,1-2H3,(H,20,24)/b18-11+. The van der Waals surface area contributed by atoms with Gasteiger partial charge >= 0.3 is 0 Å². The van der Waals surface area contributed by atoms with Gasteiger partial charge in [0, 0.05) is 5.92 Å². The Morgan fingerprint density at radius 2 is 1.96 bits per heavy atom. The van der Waals surface area contributed by atoms with Gasteiger partial charge in [-0.2, -0.15) is 14.9 Å². The van der Waals surface area contributed by atoms with Gasteiger partial charge in [-0.3, -0.25) is 5.10 Å². The quantitative estimate of drug-likeness (QED) is 0.659. The lowest BCUT2D eigenvalue weighted by Crippen LogP contribution is -2.10. The number of ether oxygens (including phenoxy) is 2. The minimum atomic E-state index is 0.425. The monoisotopic (exact) mass is 346 g/mol. The third-order valence-corrected chi connectivity index (χ3v) is 4.64. The third-order valence-electron chi connectivity index (χ3n) is 4.38. The molecule has 0 bridgehead atoms. The molecule has 1 heterocycles. The van der Waals surface area contributed by atoms with Crippen LogP contribution in [0.15, 0.2) is 23.3 Å². The normalized spacial score (nSPS) is 15.8. The number of nitrogens with one attached hydrogen (secondary N) is 1. The largest absolute Gasteiger partial charge is 0.493 e. The zero-order valence-electron chi connectivity index (χ0n) is 14.0. The van der Waals surface area contributed by atoms with Crippen LogP contribution in [0.2, 0.25) is 0 Å². The Labute approximate surface area is 146 Å². The van der Waals surface area contributed by atoms with Crippen molar-refractivity contribution in [1.29, 1.82) is 0 Å². The molecule has 128 valence electrons. The molecule has 0 unspecified atom stereocenters. The van der Waals surface area contributed by atoms with Crippen molar-refractivity contribution >= 4 is 18.4 Å². The van der Waals surface area contributed by atoms with Gasteiger partial charge in [-0.1, -0.05) is 19.3 Å². The second-order valence-electron chi connectivity index (χ2n) is 5.89. The second kappa shape index (κ2) is 7.61. The summed E-state index contributed by atoms with van der Waals surface area (Å²) in [6, 6.07) is 5.66. The average Bonchev–Trinajstić information content (AvgIpc) is 3.01. The lowest BCUT2D eigenvalue weighted by atomic mass is 9.89. The molecule has 1 aliphatic rings. The summed E-state index contributed by atoms with van der Waals surface area (Å²) >= 11 is 5.33. The number of H-pyrrole nitrogens is 1. The zero-order chi connectivity index (χ0) is 16.9. The molecule has 6 nitrogen and oxygen atoms in total. The molecule has 3 rings (SSSR count). The SMILES string of the molecule is COc1ccc(/C=N/n2c(C3CCCCC3)n[nH]c2=S)cc1OC. The van der Waals surface area contributed by atoms with Crippen LogP contribution in [0.5, 0.6) is 11.5 Å². The van der Waals surface area contributed by atoms with E-state index in [0.717, 1.165) is 24.2 Å². The van der Waals surface area contributed by atoms with E-state index < -0.39 is 0 Å². The molecular formula is C17H22N4O2S. The van der Waals surface area contributed by atoms with Crippen molar-refractivity contribution in [2.45, 2.75) is 38.0 Å². The molecule has 0 atom stereocenters. The highest BCUT2D eigenvalue weighted by molar-refractivity contribution is 7.71. The Hall–Kier alpha value is -2.15. The minimum absolute atomic E-state index is 0.425.